The van der Waals surface area contributed by atoms with Crippen molar-refractivity contribution in [2.45, 2.75) is 46.1 Å². The van der Waals surface area contributed by atoms with Gasteiger partial charge in [-0.05, 0) is 77.6 Å². The molecular formula is C28H32F2N2O2. The van der Waals surface area contributed by atoms with E-state index in [1.165, 1.54) is 36.4 Å². The minimum Gasteiger partial charge on any atom is -0.352 e. The van der Waals surface area contributed by atoms with Gasteiger partial charge in [0.25, 0.3) is 0 Å². The Morgan fingerprint density at radius 1 is 0.853 bits per heavy atom. The molecule has 2 aromatic carbocycles. The first-order chi connectivity index (χ1) is 16.0. The summed E-state index contributed by atoms with van der Waals surface area (Å²) in [5.41, 5.74) is 1.32. The molecule has 0 aromatic heterocycles. The molecule has 0 aliphatic heterocycles. The van der Waals surface area contributed by atoms with Crippen molar-refractivity contribution < 1.29 is 18.4 Å². The van der Waals surface area contributed by atoms with Crippen LogP contribution in [0.4, 0.5) is 8.78 Å². The van der Waals surface area contributed by atoms with Crippen LogP contribution in [0.5, 0.6) is 0 Å². The van der Waals surface area contributed by atoms with Crippen LogP contribution in [0.15, 0.2) is 60.7 Å². The normalized spacial score (nSPS) is 22.1. The van der Waals surface area contributed by atoms with Gasteiger partial charge in [0.1, 0.15) is 11.6 Å². The maximum absolute atomic E-state index is 13.0. The molecule has 0 bridgehead atoms. The lowest BCUT2D eigenvalue weighted by atomic mass is 9.62. The summed E-state index contributed by atoms with van der Waals surface area (Å²) in [5.74, 6) is -1.04. The van der Waals surface area contributed by atoms with Crippen molar-refractivity contribution in [1.82, 2.24) is 10.6 Å². The van der Waals surface area contributed by atoms with Gasteiger partial charge in [0, 0.05) is 24.7 Å². The zero-order valence-corrected chi connectivity index (χ0v) is 19.9. The Kier molecular flexibility index (Phi) is 8.02. The summed E-state index contributed by atoms with van der Waals surface area (Å²) in [6.45, 7) is 6.97. The summed E-state index contributed by atoms with van der Waals surface area (Å²) < 4.78 is 26.1. The maximum Gasteiger partial charge on any atom is 0.244 e. The number of hydrogen-bond acceptors (Lipinski definition) is 2. The van der Waals surface area contributed by atoms with Gasteiger partial charge in [-0.2, -0.15) is 0 Å². The molecular weight excluding hydrogens is 434 g/mol. The van der Waals surface area contributed by atoms with Crippen molar-refractivity contribution in [2.75, 3.05) is 6.54 Å². The lowest BCUT2D eigenvalue weighted by molar-refractivity contribution is -0.119. The van der Waals surface area contributed by atoms with E-state index in [0.717, 1.165) is 30.4 Å². The standard InChI is InChI=1S/C28H32F2N2O2/c1-27(2)16-24(32-26(34)15-9-21-6-12-23(30)13-7-21)17-28(3,18-27)19-31-25(33)14-8-20-4-10-22(29)11-5-20/h4-15,24H,16-19H2,1-3H3,(H,31,33)(H,32,34). The van der Waals surface area contributed by atoms with E-state index in [9.17, 15) is 18.4 Å². The first kappa shape index (κ1) is 25.3. The van der Waals surface area contributed by atoms with Gasteiger partial charge in [0.15, 0.2) is 0 Å². The Morgan fingerprint density at radius 3 is 1.88 bits per heavy atom. The molecule has 2 atom stereocenters. The molecule has 0 radical (unpaired) electrons. The minimum atomic E-state index is -0.318. The predicted molar refractivity (Wildman–Crippen MR) is 132 cm³/mol. The third-order valence-electron chi connectivity index (χ3n) is 6.07. The molecule has 6 heteroatoms. The van der Waals surface area contributed by atoms with E-state index in [2.05, 4.69) is 31.4 Å². The predicted octanol–water partition coefficient (Wildman–Crippen LogP) is 5.51. The molecule has 1 saturated carbocycles. The van der Waals surface area contributed by atoms with Crippen LogP contribution in [0.2, 0.25) is 0 Å². The van der Waals surface area contributed by atoms with E-state index in [0.29, 0.717) is 6.54 Å². The van der Waals surface area contributed by atoms with Gasteiger partial charge < -0.3 is 10.6 Å². The fourth-order valence-electron chi connectivity index (χ4n) is 4.97. The van der Waals surface area contributed by atoms with Crippen LogP contribution in [0.25, 0.3) is 12.2 Å². The number of carbonyl (C=O) groups excluding carboxylic acids is 2. The number of benzene rings is 2. The molecule has 0 heterocycles. The quantitative estimate of drug-likeness (QED) is 0.529. The zero-order chi connectivity index (χ0) is 24.8. The highest BCUT2D eigenvalue weighted by molar-refractivity contribution is 5.92. The van der Waals surface area contributed by atoms with Crippen molar-refractivity contribution >= 4 is 24.0 Å². The van der Waals surface area contributed by atoms with Crippen molar-refractivity contribution in [3.05, 3.63) is 83.4 Å². The van der Waals surface area contributed by atoms with Gasteiger partial charge in [-0.15, -0.1) is 0 Å². The lowest BCUT2D eigenvalue weighted by Crippen LogP contribution is -2.50. The molecule has 1 aliphatic carbocycles. The molecule has 1 aliphatic rings. The average molecular weight is 467 g/mol. The third-order valence-corrected chi connectivity index (χ3v) is 6.07. The first-order valence-corrected chi connectivity index (χ1v) is 11.5. The van der Waals surface area contributed by atoms with Gasteiger partial charge >= 0.3 is 0 Å². The number of rotatable bonds is 7. The Bertz CT molecular complexity index is 1060. The SMILES string of the molecule is CC1(C)CC(NC(=O)C=Cc2ccc(F)cc2)CC(C)(CNC(=O)C=Cc2ccc(F)cc2)C1. The molecule has 2 unspecified atom stereocenters. The Balaban J connectivity index is 1.56. The third kappa shape index (κ3) is 7.94. The summed E-state index contributed by atoms with van der Waals surface area (Å²) in [6.07, 6.45) is 8.73. The Morgan fingerprint density at radius 2 is 1.35 bits per heavy atom. The number of hydrogen-bond donors (Lipinski definition) is 2. The van der Waals surface area contributed by atoms with Crippen LogP contribution in [0, 0.1) is 22.5 Å². The van der Waals surface area contributed by atoms with Gasteiger partial charge in [-0.3, -0.25) is 9.59 Å². The Labute approximate surface area is 200 Å². The minimum absolute atomic E-state index is 0.000294. The van der Waals surface area contributed by atoms with E-state index in [4.69, 9.17) is 0 Å². The summed E-state index contributed by atoms with van der Waals surface area (Å²) in [7, 11) is 0. The van der Waals surface area contributed by atoms with Gasteiger partial charge in [0.05, 0.1) is 0 Å². The molecule has 2 aromatic rings. The zero-order valence-electron chi connectivity index (χ0n) is 19.9. The summed E-state index contributed by atoms with van der Waals surface area (Å²) in [6, 6.07) is 11.9. The highest BCUT2D eigenvalue weighted by Gasteiger charge is 2.41. The number of nitrogens with one attached hydrogen (secondary N) is 2. The smallest absolute Gasteiger partial charge is 0.244 e. The van der Waals surface area contributed by atoms with Crippen LogP contribution in [-0.4, -0.2) is 24.4 Å². The second kappa shape index (κ2) is 10.8. The summed E-state index contributed by atoms with van der Waals surface area (Å²) >= 11 is 0. The molecule has 2 N–H and O–H groups in total. The van der Waals surface area contributed by atoms with Crippen LogP contribution < -0.4 is 10.6 Å². The largest absolute Gasteiger partial charge is 0.352 e. The van der Waals surface area contributed by atoms with E-state index in [1.54, 1.807) is 36.4 Å². The first-order valence-electron chi connectivity index (χ1n) is 11.5. The molecule has 34 heavy (non-hydrogen) atoms. The van der Waals surface area contributed by atoms with Crippen molar-refractivity contribution in [2.24, 2.45) is 10.8 Å². The van der Waals surface area contributed by atoms with Gasteiger partial charge in [-0.1, -0.05) is 45.0 Å². The topological polar surface area (TPSA) is 58.2 Å². The van der Waals surface area contributed by atoms with Crippen LogP contribution in [-0.2, 0) is 9.59 Å². The van der Waals surface area contributed by atoms with Crippen LogP contribution in [0.1, 0.15) is 51.2 Å². The summed E-state index contributed by atoms with van der Waals surface area (Å²) in [5, 5.41) is 6.07. The number of carbonyl (C=O) groups is 2. The van der Waals surface area contributed by atoms with Gasteiger partial charge in [-0.25, -0.2) is 8.78 Å². The van der Waals surface area contributed by atoms with E-state index in [-0.39, 0.29) is 40.3 Å². The maximum atomic E-state index is 13.0. The fourth-order valence-corrected chi connectivity index (χ4v) is 4.97. The second-order valence-corrected chi connectivity index (χ2v) is 10.3. The highest BCUT2D eigenvalue weighted by atomic mass is 19.1. The molecule has 1 fully saturated rings. The van der Waals surface area contributed by atoms with Crippen molar-refractivity contribution in [3.8, 4) is 0 Å². The van der Waals surface area contributed by atoms with Crippen molar-refractivity contribution in [1.29, 1.82) is 0 Å². The van der Waals surface area contributed by atoms with Crippen LogP contribution in [0.3, 0.4) is 0 Å². The molecule has 4 nitrogen and oxygen atoms in total. The lowest BCUT2D eigenvalue weighted by Gasteiger charge is -2.46. The van der Waals surface area contributed by atoms with E-state index < -0.39 is 0 Å². The monoisotopic (exact) mass is 466 g/mol. The number of halogens is 2. The molecule has 2 amide bonds. The number of amides is 2. The fraction of sp³-hybridized carbons (Fsp3) is 0.357. The molecule has 180 valence electrons. The molecule has 0 spiro atoms. The average Bonchev–Trinajstić information content (AvgIpc) is 2.75. The van der Waals surface area contributed by atoms with Crippen molar-refractivity contribution in [3.63, 3.8) is 0 Å². The summed E-state index contributed by atoms with van der Waals surface area (Å²) in [4.78, 5) is 24.9. The Hall–Kier alpha value is -3.28. The highest BCUT2D eigenvalue weighted by Crippen LogP contribution is 2.45. The van der Waals surface area contributed by atoms with E-state index >= 15 is 0 Å². The van der Waals surface area contributed by atoms with Crippen LogP contribution >= 0.6 is 0 Å². The second-order valence-electron chi connectivity index (χ2n) is 10.3. The molecule has 0 saturated heterocycles. The van der Waals surface area contributed by atoms with E-state index in [1.807, 2.05) is 0 Å². The molecule has 3 rings (SSSR count). The van der Waals surface area contributed by atoms with Gasteiger partial charge in [0.2, 0.25) is 11.8 Å².